The average Bonchev–Trinajstić information content (AvgIpc) is 2.86. The van der Waals surface area contributed by atoms with E-state index in [0.717, 1.165) is 4.68 Å². The number of nitrogens with zero attached hydrogens (tertiary/aromatic N) is 3. The van der Waals surface area contributed by atoms with Gasteiger partial charge in [0.05, 0.1) is 0 Å². The molecule has 1 aromatic heterocycles. The highest BCUT2D eigenvalue weighted by Gasteiger charge is 2.43. The molecule has 11 heteroatoms. The molecule has 7 nitrogen and oxygen atoms in total. The number of benzene rings is 1. The number of amides is 1. The number of hydrogen-bond donors (Lipinski definition) is 0. The molecule has 1 aromatic carbocycles. The largest absolute Gasteiger partial charge is 0.586 e. The third-order valence-electron chi connectivity index (χ3n) is 3.50. The second kappa shape index (κ2) is 6.73. The second-order valence-corrected chi connectivity index (χ2v) is 6.01. The van der Waals surface area contributed by atoms with Crippen LogP contribution >= 0.6 is 23.2 Å². The van der Waals surface area contributed by atoms with Crippen LogP contribution in [0.5, 0.6) is 11.5 Å². The van der Waals surface area contributed by atoms with Gasteiger partial charge in [0.2, 0.25) is 5.91 Å². The number of carbonyl (C=O) groups excluding carboxylic acids is 1. The van der Waals surface area contributed by atoms with Gasteiger partial charge in [0, 0.05) is 24.4 Å². The number of anilines is 1. The van der Waals surface area contributed by atoms with E-state index < -0.39 is 24.3 Å². The fourth-order valence-corrected chi connectivity index (χ4v) is 2.87. The van der Waals surface area contributed by atoms with Gasteiger partial charge in [0.15, 0.2) is 16.7 Å². The highest BCUT2D eigenvalue weighted by Crippen LogP contribution is 2.42. The van der Waals surface area contributed by atoms with Gasteiger partial charge in [-0.2, -0.15) is 5.10 Å². The minimum Gasteiger partial charge on any atom is -0.395 e. The van der Waals surface area contributed by atoms with Crippen LogP contribution in [0, 0.1) is 0 Å². The van der Waals surface area contributed by atoms with E-state index in [4.69, 9.17) is 23.2 Å². The van der Waals surface area contributed by atoms with Crippen LogP contribution in [0.4, 0.5) is 14.5 Å². The number of halogens is 4. The van der Waals surface area contributed by atoms with Crippen molar-refractivity contribution in [3.8, 4) is 11.5 Å². The van der Waals surface area contributed by atoms with Crippen LogP contribution in [-0.4, -0.2) is 28.5 Å². The predicted molar refractivity (Wildman–Crippen MR) is 89.2 cm³/mol. The van der Waals surface area contributed by atoms with E-state index in [2.05, 4.69) is 14.6 Å². The summed E-state index contributed by atoms with van der Waals surface area (Å²) >= 11 is 11.5. The van der Waals surface area contributed by atoms with Crippen molar-refractivity contribution in [1.29, 1.82) is 0 Å². The van der Waals surface area contributed by atoms with Crippen molar-refractivity contribution in [2.75, 3.05) is 11.4 Å². The zero-order valence-corrected chi connectivity index (χ0v) is 14.7. The minimum absolute atomic E-state index is 0.0456. The molecule has 0 spiro atoms. The maximum absolute atomic E-state index is 13.1. The van der Waals surface area contributed by atoms with Gasteiger partial charge in [-0.15, -0.1) is 8.78 Å². The van der Waals surface area contributed by atoms with Gasteiger partial charge in [0.25, 0.3) is 5.56 Å². The van der Waals surface area contributed by atoms with Crippen molar-refractivity contribution >= 4 is 34.8 Å². The lowest BCUT2D eigenvalue weighted by molar-refractivity contribution is -0.286. The van der Waals surface area contributed by atoms with Gasteiger partial charge < -0.3 is 14.4 Å². The lowest BCUT2D eigenvalue weighted by Crippen LogP contribution is -2.37. The molecule has 138 valence electrons. The van der Waals surface area contributed by atoms with E-state index in [1.807, 2.05) is 0 Å². The first-order valence-electron chi connectivity index (χ1n) is 7.33. The number of ether oxygens (including phenoxy) is 2. The number of rotatable bonds is 4. The van der Waals surface area contributed by atoms with Crippen LogP contribution in [0.25, 0.3) is 0 Å². The van der Waals surface area contributed by atoms with E-state index in [1.165, 1.54) is 29.2 Å². The Hall–Kier alpha value is -2.39. The van der Waals surface area contributed by atoms with Crippen LogP contribution in [0.3, 0.4) is 0 Å². The number of likely N-dealkylation sites (N-methyl/N-ethyl adjacent to an activating group) is 1. The molecule has 0 atom stereocenters. The molecule has 0 saturated carbocycles. The first kappa shape index (κ1) is 18.4. The number of fused-ring (bicyclic) bond motifs is 1. The van der Waals surface area contributed by atoms with Crippen molar-refractivity contribution < 1.29 is 23.0 Å². The monoisotopic (exact) mass is 405 g/mol. The Morgan fingerprint density at radius 2 is 1.96 bits per heavy atom. The molecule has 1 aliphatic rings. The zero-order chi connectivity index (χ0) is 19.1. The Labute approximate surface area is 155 Å². The molecule has 2 heterocycles. The van der Waals surface area contributed by atoms with E-state index in [9.17, 15) is 18.4 Å². The van der Waals surface area contributed by atoms with Crippen LogP contribution < -0.4 is 19.9 Å². The van der Waals surface area contributed by atoms with Crippen LogP contribution in [0.2, 0.25) is 10.2 Å². The predicted octanol–water partition coefficient (Wildman–Crippen LogP) is 2.92. The van der Waals surface area contributed by atoms with Gasteiger partial charge in [-0.05, 0) is 19.1 Å². The van der Waals surface area contributed by atoms with E-state index in [0.29, 0.717) is 5.69 Å². The van der Waals surface area contributed by atoms with Crippen LogP contribution in [0.15, 0.2) is 29.1 Å². The second-order valence-electron chi connectivity index (χ2n) is 5.21. The summed E-state index contributed by atoms with van der Waals surface area (Å²) in [6.45, 7) is 1.45. The molecule has 0 unspecified atom stereocenters. The number of carbonyl (C=O) groups is 1. The quantitative estimate of drug-likeness (QED) is 0.781. The maximum Gasteiger partial charge on any atom is 0.586 e. The summed E-state index contributed by atoms with van der Waals surface area (Å²) < 4.78 is 35.8. The number of aromatic nitrogens is 2. The molecule has 0 radical (unpaired) electrons. The van der Waals surface area contributed by atoms with E-state index in [-0.39, 0.29) is 28.2 Å². The molecule has 0 saturated heterocycles. The van der Waals surface area contributed by atoms with E-state index in [1.54, 1.807) is 6.92 Å². The van der Waals surface area contributed by atoms with Crippen LogP contribution in [0.1, 0.15) is 6.92 Å². The molecular weight excluding hydrogens is 395 g/mol. The Morgan fingerprint density at radius 3 is 2.65 bits per heavy atom. The summed E-state index contributed by atoms with van der Waals surface area (Å²) in [6, 6.07) is 5.11. The Bertz CT molecular complexity index is 936. The lowest BCUT2D eigenvalue weighted by Gasteiger charge is -2.21. The molecule has 3 rings (SSSR count). The van der Waals surface area contributed by atoms with Crippen molar-refractivity contribution in [3.63, 3.8) is 0 Å². The fourth-order valence-electron chi connectivity index (χ4n) is 2.41. The van der Waals surface area contributed by atoms with Crippen molar-refractivity contribution in [3.05, 3.63) is 44.8 Å². The molecular formula is C15H11Cl2F2N3O4. The van der Waals surface area contributed by atoms with Gasteiger partial charge in [-0.1, -0.05) is 23.2 Å². The van der Waals surface area contributed by atoms with Gasteiger partial charge in [-0.25, -0.2) is 4.68 Å². The molecule has 2 aromatic rings. The maximum atomic E-state index is 13.1. The molecule has 0 fully saturated rings. The van der Waals surface area contributed by atoms with Crippen molar-refractivity contribution in [1.82, 2.24) is 9.78 Å². The summed E-state index contributed by atoms with van der Waals surface area (Å²) in [4.78, 5) is 25.8. The third-order valence-corrected chi connectivity index (χ3v) is 3.96. The van der Waals surface area contributed by atoms with E-state index >= 15 is 0 Å². The summed E-state index contributed by atoms with van der Waals surface area (Å²) in [5.41, 5.74) is -0.385. The average molecular weight is 406 g/mol. The molecule has 1 amide bonds. The zero-order valence-electron chi connectivity index (χ0n) is 13.2. The molecule has 0 bridgehead atoms. The van der Waals surface area contributed by atoms with Gasteiger partial charge in [-0.3, -0.25) is 9.59 Å². The third kappa shape index (κ3) is 3.58. The SMILES string of the molecule is CCN(C(=O)Cn1nc(Cl)cc(Cl)c1=O)c1ccc2c(c1)OC(F)(F)O2. The smallest absolute Gasteiger partial charge is 0.395 e. The molecule has 26 heavy (non-hydrogen) atoms. The normalized spacial score (nSPS) is 14.3. The fraction of sp³-hybridized carbons (Fsp3) is 0.267. The standard InChI is InChI=1S/C15H11Cl2F2N3O4/c1-2-21(8-3-4-10-11(5-8)26-15(18,19)25-10)13(23)7-22-14(24)9(16)6-12(17)20-22/h3-6H,2,7H2,1H3. The summed E-state index contributed by atoms with van der Waals surface area (Å²) in [6.07, 6.45) is -3.75. The Morgan fingerprint density at radius 1 is 1.27 bits per heavy atom. The first-order chi connectivity index (χ1) is 12.2. The van der Waals surface area contributed by atoms with Gasteiger partial charge >= 0.3 is 6.29 Å². The Balaban J connectivity index is 1.86. The Kier molecular flexibility index (Phi) is 4.76. The van der Waals surface area contributed by atoms with Gasteiger partial charge in [0.1, 0.15) is 11.6 Å². The minimum atomic E-state index is -3.75. The summed E-state index contributed by atoms with van der Waals surface area (Å²) in [7, 11) is 0. The highest BCUT2D eigenvalue weighted by molar-refractivity contribution is 6.33. The lowest BCUT2D eigenvalue weighted by atomic mass is 10.2. The summed E-state index contributed by atoms with van der Waals surface area (Å²) in [5.74, 6) is -0.854. The first-order valence-corrected chi connectivity index (χ1v) is 8.09. The highest BCUT2D eigenvalue weighted by atomic mass is 35.5. The van der Waals surface area contributed by atoms with Crippen LogP contribution in [-0.2, 0) is 11.3 Å². The topological polar surface area (TPSA) is 73.7 Å². The molecule has 0 aliphatic carbocycles. The summed E-state index contributed by atoms with van der Waals surface area (Å²) in [5, 5.41) is 3.53. The molecule has 0 N–H and O–H groups in total. The molecule has 1 aliphatic heterocycles. The van der Waals surface area contributed by atoms with Crippen molar-refractivity contribution in [2.45, 2.75) is 19.8 Å². The number of hydrogen-bond acceptors (Lipinski definition) is 5. The number of alkyl halides is 2. The van der Waals surface area contributed by atoms with Crippen molar-refractivity contribution in [2.24, 2.45) is 0 Å².